The third-order valence-electron chi connectivity index (χ3n) is 2.84. The molecular formula is C15H17N3O4S. The summed E-state index contributed by atoms with van der Waals surface area (Å²) in [7, 11) is 0. The molecule has 0 saturated carbocycles. The topological polar surface area (TPSA) is 107 Å². The Balaban J connectivity index is 2.89. The highest BCUT2D eigenvalue weighted by atomic mass is 32.2. The zero-order valence-corrected chi connectivity index (χ0v) is 13.3. The van der Waals surface area contributed by atoms with Gasteiger partial charge in [-0.2, -0.15) is 0 Å². The largest absolute Gasteiger partial charge is 0.366 e. The van der Waals surface area contributed by atoms with Crippen LogP contribution in [0.3, 0.4) is 0 Å². The molecule has 1 aromatic rings. The van der Waals surface area contributed by atoms with Crippen LogP contribution >= 0.6 is 11.8 Å². The van der Waals surface area contributed by atoms with Gasteiger partial charge in [-0.25, -0.2) is 0 Å². The number of nitrogens with zero attached hydrogens (tertiary/aromatic N) is 2. The second-order valence-electron chi connectivity index (χ2n) is 4.47. The number of nitro benzene ring substituents is 1. The molecule has 0 spiro atoms. The Labute approximate surface area is 138 Å². The van der Waals surface area contributed by atoms with Crippen LogP contribution in [0, 0.1) is 10.1 Å². The van der Waals surface area contributed by atoms with E-state index in [9.17, 15) is 19.7 Å². The van der Waals surface area contributed by atoms with Gasteiger partial charge in [0.25, 0.3) is 5.69 Å². The van der Waals surface area contributed by atoms with Crippen molar-refractivity contribution in [1.82, 2.24) is 4.90 Å². The molecule has 0 fully saturated rings. The number of carbonyl (C=O) groups excluding carboxylic acids is 2. The summed E-state index contributed by atoms with van der Waals surface area (Å²) in [5.41, 5.74) is 4.91. The van der Waals surface area contributed by atoms with Crippen molar-refractivity contribution in [2.45, 2.75) is 4.90 Å². The quantitative estimate of drug-likeness (QED) is 0.321. The van der Waals surface area contributed by atoms with Crippen molar-refractivity contribution in [1.29, 1.82) is 0 Å². The number of hydrogen-bond donors (Lipinski definition) is 1. The van der Waals surface area contributed by atoms with E-state index in [4.69, 9.17) is 5.73 Å². The summed E-state index contributed by atoms with van der Waals surface area (Å²) < 4.78 is 0. The highest BCUT2D eigenvalue weighted by Gasteiger charge is 2.19. The molecule has 23 heavy (non-hydrogen) atoms. The number of amides is 2. The fourth-order valence-electron chi connectivity index (χ4n) is 1.76. The fourth-order valence-corrected chi connectivity index (χ4v) is 2.66. The van der Waals surface area contributed by atoms with Gasteiger partial charge in [0, 0.05) is 24.7 Å². The van der Waals surface area contributed by atoms with Gasteiger partial charge in [0.1, 0.15) is 0 Å². The second-order valence-corrected chi connectivity index (χ2v) is 5.49. The van der Waals surface area contributed by atoms with E-state index in [-0.39, 0.29) is 22.9 Å². The molecule has 7 nitrogen and oxygen atoms in total. The smallest absolute Gasteiger partial charge is 0.283 e. The lowest BCUT2D eigenvalue weighted by atomic mass is 10.2. The van der Waals surface area contributed by atoms with Gasteiger partial charge in [0.05, 0.1) is 15.6 Å². The first kappa shape index (κ1) is 18.4. The molecule has 0 bridgehead atoms. The summed E-state index contributed by atoms with van der Waals surface area (Å²) in [5, 5.41) is 11.1. The van der Waals surface area contributed by atoms with Gasteiger partial charge in [-0.1, -0.05) is 12.2 Å². The zero-order chi connectivity index (χ0) is 17.4. The Morgan fingerprint density at radius 3 is 2.39 bits per heavy atom. The molecule has 0 saturated heterocycles. The van der Waals surface area contributed by atoms with E-state index in [2.05, 4.69) is 13.2 Å². The van der Waals surface area contributed by atoms with E-state index in [1.807, 2.05) is 0 Å². The van der Waals surface area contributed by atoms with Gasteiger partial charge in [0.2, 0.25) is 11.8 Å². The van der Waals surface area contributed by atoms with E-state index >= 15 is 0 Å². The fraction of sp³-hybridized carbons (Fsp3) is 0.200. The number of carbonyl (C=O) groups is 2. The minimum Gasteiger partial charge on any atom is -0.366 e. The van der Waals surface area contributed by atoms with Crippen LogP contribution in [-0.2, 0) is 4.79 Å². The van der Waals surface area contributed by atoms with Crippen LogP contribution in [0.25, 0.3) is 0 Å². The number of primary amides is 1. The summed E-state index contributed by atoms with van der Waals surface area (Å²) in [4.78, 5) is 35.5. The van der Waals surface area contributed by atoms with Crippen molar-refractivity contribution < 1.29 is 14.5 Å². The van der Waals surface area contributed by atoms with Gasteiger partial charge in [0.15, 0.2) is 0 Å². The lowest BCUT2D eigenvalue weighted by molar-refractivity contribution is -0.387. The molecule has 1 aromatic carbocycles. The molecule has 0 aliphatic rings. The van der Waals surface area contributed by atoms with Gasteiger partial charge in [-0.3, -0.25) is 19.7 Å². The van der Waals surface area contributed by atoms with Gasteiger partial charge in [-0.15, -0.1) is 24.9 Å². The Kier molecular flexibility index (Phi) is 7.01. The Morgan fingerprint density at radius 1 is 1.30 bits per heavy atom. The zero-order valence-electron chi connectivity index (χ0n) is 12.4. The van der Waals surface area contributed by atoms with Crippen molar-refractivity contribution in [3.63, 3.8) is 0 Å². The molecule has 0 heterocycles. The molecule has 8 heteroatoms. The summed E-state index contributed by atoms with van der Waals surface area (Å²) in [5.74, 6) is -0.912. The predicted octanol–water partition coefficient (Wildman–Crippen LogP) is 1.99. The molecule has 0 aliphatic carbocycles. The van der Waals surface area contributed by atoms with Crippen LogP contribution in [-0.4, -0.2) is 40.5 Å². The van der Waals surface area contributed by atoms with Gasteiger partial charge >= 0.3 is 0 Å². The number of thioether (sulfide) groups is 1. The highest BCUT2D eigenvalue weighted by molar-refractivity contribution is 8.00. The van der Waals surface area contributed by atoms with Crippen molar-refractivity contribution in [2.24, 2.45) is 5.73 Å². The number of nitro groups is 1. The predicted molar refractivity (Wildman–Crippen MR) is 89.3 cm³/mol. The molecular weight excluding hydrogens is 318 g/mol. The molecule has 0 atom stereocenters. The number of hydrogen-bond acceptors (Lipinski definition) is 5. The van der Waals surface area contributed by atoms with Crippen LogP contribution in [0.4, 0.5) is 5.69 Å². The van der Waals surface area contributed by atoms with Crippen LogP contribution in [0.2, 0.25) is 0 Å². The summed E-state index contributed by atoms with van der Waals surface area (Å²) in [6, 6.07) is 3.93. The maximum atomic E-state index is 12.1. The average Bonchev–Trinajstić information content (AvgIpc) is 2.51. The van der Waals surface area contributed by atoms with Crippen LogP contribution in [0.15, 0.2) is 48.4 Å². The lowest BCUT2D eigenvalue weighted by Crippen LogP contribution is -2.32. The van der Waals surface area contributed by atoms with Crippen molar-refractivity contribution in [3.8, 4) is 0 Å². The van der Waals surface area contributed by atoms with E-state index in [0.29, 0.717) is 18.0 Å². The molecule has 0 aliphatic heterocycles. The number of rotatable bonds is 9. The molecule has 122 valence electrons. The molecule has 1 rings (SSSR count). The molecule has 2 amide bonds. The Bertz CT molecular complexity index is 636. The average molecular weight is 335 g/mol. The molecule has 0 unspecified atom stereocenters. The van der Waals surface area contributed by atoms with Crippen LogP contribution in [0.5, 0.6) is 0 Å². The SMILES string of the molecule is C=CCN(CC=C)C(=O)CSc1ccc(C(N)=O)cc1[N+](=O)[O-]. The number of benzene rings is 1. The van der Waals surface area contributed by atoms with Crippen molar-refractivity contribution in [2.75, 3.05) is 18.8 Å². The maximum absolute atomic E-state index is 12.1. The lowest BCUT2D eigenvalue weighted by Gasteiger charge is -2.18. The minimum atomic E-state index is -0.746. The highest BCUT2D eigenvalue weighted by Crippen LogP contribution is 2.30. The first-order valence-electron chi connectivity index (χ1n) is 6.61. The monoisotopic (exact) mass is 335 g/mol. The summed E-state index contributed by atoms with van der Waals surface area (Å²) >= 11 is 1.03. The molecule has 0 radical (unpaired) electrons. The van der Waals surface area contributed by atoms with E-state index in [0.717, 1.165) is 17.8 Å². The second kappa shape index (κ2) is 8.74. The van der Waals surface area contributed by atoms with Crippen molar-refractivity contribution in [3.05, 3.63) is 59.2 Å². The first-order valence-corrected chi connectivity index (χ1v) is 7.59. The minimum absolute atomic E-state index is 0.0262. The summed E-state index contributed by atoms with van der Waals surface area (Å²) in [6.07, 6.45) is 3.19. The van der Waals surface area contributed by atoms with Gasteiger partial charge in [-0.05, 0) is 12.1 Å². The number of nitrogens with two attached hydrogens (primary N) is 1. The summed E-state index contributed by atoms with van der Waals surface area (Å²) in [6.45, 7) is 7.90. The van der Waals surface area contributed by atoms with E-state index < -0.39 is 10.8 Å². The standard InChI is InChI=1S/C15H17N3O4S/c1-3-7-17(8-4-2)14(19)10-23-13-6-5-11(15(16)20)9-12(13)18(21)22/h3-6,9H,1-2,7-8,10H2,(H2,16,20). The maximum Gasteiger partial charge on any atom is 0.283 e. The Morgan fingerprint density at radius 2 is 1.91 bits per heavy atom. The van der Waals surface area contributed by atoms with Gasteiger partial charge < -0.3 is 10.6 Å². The third kappa shape index (κ3) is 5.26. The van der Waals surface area contributed by atoms with Crippen LogP contribution < -0.4 is 5.73 Å². The van der Waals surface area contributed by atoms with E-state index in [1.54, 1.807) is 12.2 Å². The Hall–Kier alpha value is -2.61. The normalized spacial score (nSPS) is 9.91. The molecule has 0 aromatic heterocycles. The third-order valence-corrected chi connectivity index (χ3v) is 3.89. The van der Waals surface area contributed by atoms with Crippen molar-refractivity contribution >= 4 is 29.3 Å². The van der Waals surface area contributed by atoms with Crippen LogP contribution in [0.1, 0.15) is 10.4 Å². The van der Waals surface area contributed by atoms with E-state index in [1.165, 1.54) is 17.0 Å². The first-order chi connectivity index (χ1) is 10.9. The molecule has 2 N–H and O–H groups in total.